The lowest BCUT2D eigenvalue weighted by Crippen LogP contribution is -2.10. The van der Waals surface area contributed by atoms with Crippen molar-refractivity contribution in [2.75, 3.05) is 5.32 Å². The van der Waals surface area contributed by atoms with Crippen molar-refractivity contribution in [2.45, 2.75) is 17.1 Å². The van der Waals surface area contributed by atoms with Crippen molar-refractivity contribution in [3.63, 3.8) is 0 Å². The summed E-state index contributed by atoms with van der Waals surface area (Å²) in [4.78, 5) is 11.4. The van der Waals surface area contributed by atoms with Crippen LogP contribution in [0.15, 0.2) is 29.2 Å². The molecule has 0 spiro atoms. The molecule has 0 saturated carbocycles. The van der Waals surface area contributed by atoms with E-state index >= 15 is 0 Å². The monoisotopic (exact) mass is 242 g/mol. The van der Waals surface area contributed by atoms with Gasteiger partial charge in [-0.2, -0.15) is 14.0 Å². The van der Waals surface area contributed by atoms with Crippen LogP contribution in [0.3, 0.4) is 0 Å². The predicted molar refractivity (Wildman–Crippen MR) is 57.2 cm³/mol. The zero-order valence-corrected chi connectivity index (χ0v) is 8.93. The Labute approximate surface area is 95.4 Å². The van der Waals surface area contributed by atoms with Crippen LogP contribution in [-0.2, 0) is 4.79 Å². The number of carbonyl (C=O) groups is 1. The summed E-state index contributed by atoms with van der Waals surface area (Å²) >= 11 is 0.354. The number of para-hydroxylation sites is 1. The van der Waals surface area contributed by atoms with E-state index < -0.39 is 11.7 Å². The third-order valence-corrected chi connectivity index (χ3v) is 2.40. The minimum absolute atomic E-state index is 0.281. The maximum absolute atomic E-state index is 12.2. The van der Waals surface area contributed by atoms with Gasteiger partial charge < -0.3 is 5.32 Å². The zero-order valence-electron chi connectivity index (χ0n) is 8.11. The van der Waals surface area contributed by atoms with Crippen molar-refractivity contribution in [3.8, 4) is 6.07 Å². The predicted octanol–water partition coefficient (Wildman–Crippen LogP) is 2.85. The van der Waals surface area contributed by atoms with Gasteiger partial charge in [0.1, 0.15) is 6.42 Å². The van der Waals surface area contributed by atoms with E-state index in [1.807, 2.05) is 0 Å². The molecule has 1 aromatic carbocycles. The smallest absolute Gasteiger partial charge is 0.288 e. The first-order chi connectivity index (χ1) is 7.63. The lowest BCUT2D eigenvalue weighted by atomic mass is 10.3. The molecule has 0 atom stereocenters. The fraction of sp³-hybridized carbons (Fsp3) is 0.200. The molecule has 16 heavy (non-hydrogen) atoms. The summed E-state index contributed by atoms with van der Waals surface area (Å²) in [6, 6.07) is 7.90. The van der Waals surface area contributed by atoms with E-state index in [0.717, 1.165) is 0 Å². The quantitative estimate of drug-likeness (QED) is 0.826. The number of hydrogen-bond acceptors (Lipinski definition) is 3. The summed E-state index contributed by atoms with van der Waals surface area (Å²) < 4.78 is 24.4. The van der Waals surface area contributed by atoms with Gasteiger partial charge in [0.25, 0.3) is 5.76 Å². The van der Waals surface area contributed by atoms with E-state index in [0.29, 0.717) is 17.4 Å². The molecule has 0 fully saturated rings. The molecule has 0 heterocycles. The average Bonchev–Trinajstić information content (AvgIpc) is 2.20. The molecule has 1 N–H and O–H groups in total. The van der Waals surface area contributed by atoms with Gasteiger partial charge in [0.05, 0.1) is 11.8 Å². The van der Waals surface area contributed by atoms with Crippen molar-refractivity contribution in [3.05, 3.63) is 24.3 Å². The van der Waals surface area contributed by atoms with Gasteiger partial charge in [0, 0.05) is 4.90 Å². The highest BCUT2D eigenvalue weighted by Crippen LogP contribution is 2.31. The lowest BCUT2D eigenvalue weighted by Gasteiger charge is -2.08. The molecule has 1 aromatic rings. The maximum Gasteiger partial charge on any atom is 0.288 e. The SMILES string of the molecule is N#CCC(=O)Nc1ccccc1SC(F)F. The van der Waals surface area contributed by atoms with Gasteiger partial charge in [0.15, 0.2) is 0 Å². The Kier molecular flexibility index (Phi) is 4.73. The van der Waals surface area contributed by atoms with Gasteiger partial charge in [0.2, 0.25) is 5.91 Å². The fourth-order valence-electron chi connectivity index (χ4n) is 1.03. The van der Waals surface area contributed by atoms with Crippen LogP contribution >= 0.6 is 11.8 Å². The van der Waals surface area contributed by atoms with Gasteiger partial charge >= 0.3 is 0 Å². The largest absolute Gasteiger partial charge is 0.324 e. The summed E-state index contributed by atoms with van der Waals surface area (Å²) in [6.45, 7) is 0. The molecule has 0 aliphatic rings. The van der Waals surface area contributed by atoms with Crippen LogP contribution in [0, 0.1) is 11.3 Å². The Morgan fingerprint density at radius 3 is 2.81 bits per heavy atom. The average molecular weight is 242 g/mol. The summed E-state index contributed by atoms with van der Waals surface area (Å²) in [5.41, 5.74) is 0.299. The maximum atomic E-state index is 12.2. The van der Waals surface area contributed by atoms with Crippen LogP contribution in [0.25, 0.3) is 0 Å². The third kappa shape index (κ3) is 3.87. The van der Waals surface area contributed by atoms with Gasteiger partial charge in [-0.05, 0) is 12.1 Å². The number of rotatable bonds is 4. The number of anilines is 1. The van der Waals surface area contributed by atoms with E-state index in [9.17, 15) is 13.6 Å². The second kappa shape index (κ2) is 6.08. The Bertz CT molecular complexity index is 418. The van der Waals surface area contributed by atoms with Gasteiger partial charge in [-0.3, -0.25) is 4.79 Å². The van der Waals surface area contributed by atoms with E-state index in [4.69, 9.17) is 5.26 Å². The second-order valence-electron chi connectivity index (χ2n) is 2.76. The van der Waals surface area contributed by atoms with Crippen LogP contribution in [-0.4, -0.2) is 11.7 Å². The third-order valence-electron chi connectivity index (χ3n) is 1.62. The van der Waals surface area contributed by atoms with E-state index in [1.165, 1.54) is 12.1 Å². The van der Waals surface area contributed by atoms with Crippen molar-refractivity contribution < 1.29 is 13.6 Å². The minimum atomic E-state index is -2.55. The Hall–Kier alpha value is -1.61. The topological polar surface area (TPSA) is 52.9 Å². The molecular formula is C10H8F2N2OS. The molecule has 0 aliphatic heterocycles. The van der Waals surface area contributed by atoms with Crippen LogP contribution < -0.4 is 5.32 Å². The number of hydrogen-bond donors (Lipinski definition) is 1. The number of carbonyl (C=O) groups excluding carboxylic acids is 1. The van der Waals surface area contributed by atoms with E-state index in [1.54, 1.807) is 18.2 Å². The first-order valence-electron chi connectivity index (χ1n) is 4.34. The van der Waals surface area contributed by atoms with Crippen LogP contribution in [0.1, 0.15) is 6.42 Å². The molecule has 0 unspecified atom stereocenters. The Morgan fingerprint density at radius 2 is 2.19 bits per heavy atom. The number of nitriles is 1. The molecule has 0 aromatic heterocycles. The van der Waals surface area contributed by atoms with Crippen molar-refractivity contribution in [1.29, 1.82) is 5.26 Å². The van der Waals surface area contributed by atoms with Crippen LogP contribution in [0.4, 0.5) is 14.5 Å². The molecule has 6 heteroatoms. The zero-order chi connectivity index (χ0) is 12.0. The van der Waals surface area contributed by atoms with Gasteiger partial charge in [-0.15, -0.1) is 0 Å². The summed E-state index contributed by atoms with van der Waals surface area (Å²) in [6.07, 6.45) is -0.298. The highest BCUT2D eigenvalue weighted by molar-refractivity contribution is 7.99. The molecule has 84 valence electrons. The number of nitrogens with one attached hydrogen (secondary N) is 1. The van der Waals surface area contributed by atoms with Crippen LogP contribution in [0.2, 0.25) is 0 Å². The standard InChI is InChI=1S/C10H8F2N2OS/c11-10(12)16-8-4-2-1-3-7(8)14-9(15)5-6-13/h1-4,10H,5H2,(H,14,15). The highest BCUT2D eigenvalue weighted by atomic mass is 32.2. The minimum Gasteiger partial charge on any atom is -0.324 e. The van der Waals surface area contributed by atoms with Crippen molar-refractivity contribution in [2.24, 2.45) is 0 Å². The molecule has 1 rings (SSSR count). The molecule has 0 saturated heterocycles. The summed E-state index contributed by atoms with van der Waals surface area (Å²) in [5.74, 6) is -3.06. The lowest BCUT2D eigenvalue weighted by molar-refractivity contribution is -0.115. The fourth-order valence-corrected chi connectivity index (χ4v) is 1.63. The molecular weight excluding hydrogens is 234 g/mol. The Balaban J connectivity index is 2.79. The summed E-state index contributed by atoms with van der Waals surface area (Å²) in [5, 5.41) is 10.7. The molecule has 1 amide bonds. The van der Waals surface area contributed by atoms with Crippen molar-refractivity contribution in [1.82, 2.24) is 0 Å². The highest BCUT2D eigenvalue weighted by Gasteiger charge is 2.11. The number of halogens is 2. The van der Waals surface area contributed by atoms with E-state index in [-0.39, 0.29) is 11.3 Å². The normalized spacial score (nSPS) is 9.88. The second-order valence-corrected chi connectivity index (χ2v) is 3.79. The molecule has 0 bridgehead atoms. The first kappa shape index (κ1) is 12.5. The number of amides is 1. The molecule has 0 radical (unpaired) electrons. The van der Waals surface area contributed by atoms with Gasteiger partial charge in [-0.25, -0.2) is 0 Å². The number of thioether (sulfide) groups is 1. The van der Waals surface area contributed by atoms with Crippen molar-refractivity contribution >= 4 is 23.4 Å². The number of alkyl halides is 2. The Morgan fingerprint density at radius 1 is 1.50 bits per heavy atom. The van der Waals surface area contributed by atoms with Gasteiger partial charge in [-0.1, -0.05) is 23.9 Å². The first-order valence-corrected chi connectivity index (χ1v) is 5.22. The number of benzene rings is 1. The van der Waals surface area contributed by atoms with Crippen LogP contribution in [0.5, 0.6) is 0 Å². The molecule has 0 aliphatic carbocycles. The number of nitrogens with zero attached hydrogens (tertiary/aromatic N) is 1. The van der Waals surface area contributed by atoms with E-state index in [2.05, 4.69) is 5.32 Å². The summed E-state index contributed by atoms with van der Waals surface area (Å²) in [7, 11) is 0. The molecule has 3 nitrogen and oxygen atoms in total.